The summed E-state index contributed by atoms with van der Waals surface area (Å²) in [6, 6.07) is 30.9. The fourth-order valence-corrected chi connectivity index (χ4v) is 5.70. The maximum Gasteiger partial charge on any atom is 0.0237 e. The normalized spacial score (nSPS) is 11.2. The van der Waals surface area contributed by atoms with Crippen LogP contribution in [0.5, 0.6) is 0 Å². The Morgan fingerprint density at radius 2 is 1.27 bits per heavy atom. The molecule has 0 N–H and O–H groups in total. The molecule has 1 nitrogen and oxygen atoms in total. The first-order chi connectivity index (χ1) is 12.8. The molecule has 3 aromatic rings. The molecule has 0 heterocycles. The highest BCUT2D eigenvalue weighted by molar-refractivity contribution is 7.79. The van der Waals surface area contributed by atoms with Crippen LogP contribution in [0.4, 0.5) is 0 Å². The fraction of sp³-hybridized carbons (Fsp3) is 0.250. The molecule has 3 rings (SSSR count). The van der Waals surface area contributed by atoms with Crippen LogP contribution in [-0.4, -0.2) is 18.5 Å². The first-order valence-electron chi connectivity index (χ1n) is 9.46. The highest BCUT2D eigenvalue weighted by Crippen LogP contribution is 2.34. The van der Waals surface area contributed by atoms with E-state index in [2.05, 4.69) is 104 Å². The molecule has 0 saturated carbocycles. The molecule has 0 aliphatic rings. The smallest absolute Gasteiger partial charge is 0.0237 e. The van der Waals surface area contributed by atoms with Gasteiger partial charge in [-0.3, -0.25) is 0 Å². The highest BCUT2D eigenvalue weighted by atomic mass is 31.1. The molecule has 0 spiro atoms. The summed E-state index contributed by atoms with van der Waals surface area (Å²) < 4.78 is 0. The van der Waals surface area contributed by atoms with Crippen molar-refractivity contribution in [2.45, 2.75) is 26.3 Å². The Morgan fingerprint density at radius 1 is 0.731 bits per heavy atom. The van der Waals surface area contributed by atoms with Crippen LogP contribution in [0, 0.1) is 0 Å². The summed E-state index contributed by atoms with van der Waals surface area (Å²) >= 11 is 0. The molecule has 2 heteroatoms. The summed E-state index contributed by atoms with van der Waals surface area (Å²) in [5.74, 6) is 0. The third-order valence-electron chi connectivity index (χ3n) is 4.59. The van der Waals surface area contributed by atoms with Crippen molar-refractivity contribution in [2.75, 3.05) is 13.6 Å². The monoisotopic (exact) mass is 361 g/mol. The van der Waals surface area contributed by atoms with Crippen LogP contribution >= 0.6 is 7.92 Å². The van der Waals surface area contributed by atoms with Crippen LogP contribution in [0.3, 0.4) is 0 Å². The van der Waals surface area contributed by atoms with E-state index in [0.29, 0.717) is 0 Å². The summed E-state index contributed by atoms with van der Waals surface area (Å²) in [6.45, 7) is 4.42. The van der Waals surface area contributed by atoms with Crippen molar-refractivity contribution in [2.24, 2.45) is 0 Å². The minimum absolute atomic E-state index is 0.537. The third-order valence-corrected chi connectivity index (χ3v) is 7.14. The van der Waals surface area contributed by atoms with Gasteiger partial charge < -0.3 is 4.90 Å². The van der Waals surface area contributed by atoms with Crippen molar-refractivity contribution in [3.8, 4) is 0 Å². The van der Waals surface area contributed by atoms with Gasteiger partial charge in [-0.25, -0.2) is 0 Å². The van der Waals surface area contributed by atoms with Gasteiger partial charge >= 0.3 is 0 Å². The maximum absolute atomic E-state index is 2.45. The zero-order valence-corrected chi connectivity index (χ0v) is 16.7. The summed E-state index contributed by atoms with van der Waals surface area (Å²) in [7, 11) is 1.70. The lowest BCUT2D eigenvalue weighted by atomic mass is 10.2. The summed E-state index contributed by atoms with van der Waals surface area (Å²) in [4.78, 5) is 2.45. The molecule has 0 unspecified atom stereocenters. The minimum Gasteiger partial charge on any atom is -0.302 e. The van der Waals surface area contributed by atoms with Crippen molar-refractivity contribution in [1.82, 2.24) is 4.90 Å². The van der Waals surface area contributed by atoms with E-state index in [1.165, 1.54) is 34.3 Å². The lowest BCUT2D eigenvalue weighted by Gasteiger charge is -2.24. The number of nitrogens with zero attached hydrogens (tertiary/aromatic N) is 1. The molecular weight excluding hydrogens is 333 g/mol. The quantitative estimate of drug-likeness (QED) is 0.527. The van der Waals surface area contributed by atoms with Gasteiger partial charge in [-0.15, -0.1) is 0 Å². The molecule has 0 radical (unpaired) electrons. The summed E-state index contributed by atoms with van der Waals surface area (Å²) in [5, 5.41) is 4.30. The standard InChI is InChI=1S/C24H28NP/c1-3-4-19-25(2)20-21-13-11-12-18-24(21)26(22-14-7-5-8-15-22)23-16-9-6-10-17-23/h5-18H,3-4,19-20H2,1-2H3. The molecule has 134 valence electrons. The third kappa shape index (κ3) is 4.81. The highest BCUT2D eigenvalue weighted by Gasteiger charge is 2.19. The second kappa shape index (κ2) is 9.67. The number of hydrogen-bond donors (Lipinski definition) is 0. The molecule has 0 aliphatic carbocycles. The van der Waals surface area contributed by atoms with Crippen LogP contribution < -0.4 is 15.9 Å². The van der Waals surface area contributed by atoms with Crippen LogP contribution in [0.15, 0.2) is 84.9 Å². The van der Waals surface area contributed by atoms with Crippen LogP contribution in [0.25, 0.3) is 0 Å². The first kappa shape index (κ1) is 18.8. The lowest BCUT2D eigenvalue weighted by molar-refractivity contribution is 0.321. The zero-order valence-electron chi connectivity index (χ0n) is 15.8. The SMILES string of the molecule is CCCCN(C)Cc1ccccc1P(c1ccccc1)c1ccccc1. The van der Waals surface area contributed by atoms with E-state index in [0.717, 1.165) is 13.1 Å². The molecule has 0 aliphatic heterocycles. The Hall–Kier alpha value is -1.95. The molecule has 0 saturated heterocycles. The molecule has 0 amide bonds. The predicted octanol–water partition coefficient (Wildman–Crippen LogP) is 4.68. The van der Waals surface area contributed by atoms with Crippen LogP contribution in [0.1, 0.15) is 25.3 Å². The predicted molar refractivity (Wildman–Crippen MR) is 116 cm³/mol. The minimum atomic E-state index is -0.537. The van der Waals surface area contributed by atoms with Gasteiger partial charge in [0.1, 0.15) is 0 Å². The Balaban J connectivity index is 2.00. The molecular formula is C24H28NP. The Kier molecular flexibility index (Phi) is 7.00. The van der Waals surface area contributed by atoms with E-state index in [1.807, 2.05) is 0 Å². The number of rotatable bonds is 8. The Bertz CT molecular complexity index is 746. The van der Waals surface area contributed by atoms with Gasteiger partial charge in [0.05, 0.1) is 0 Å². The van der Waals surface area contributed by atoms with Crippen molar-refractivity contribution >= 4 is 23.8 Å². The zero-order chi connectivity index (χ0) is 18.2. The van der Waals surface area contributed by atoms with Gasteiger partial charge in [-0.2, -0.15) is 0 Å². The van der Waals surface area contributed by atoms with Crippen molar-refractivity contribution in [1.29, 1.82) is 0 Å². The summed E-state index contributed by atoms with van der Waals surface area (Å²) in [6.07, 6.45) is 2.50. The van der Waals surface area contributed by atoms with Gasteiger partial charge in [0.25, 0.3) is 0 Å². The largest absolute Gasteiger partial charge is 0.302 e. The van der Waals surface area contributed by atoms with Crippen molar-refractivity contribution < 1.29 is 0 Å². The molecule has 3 aromatic carbocycles. The second-order valence-electron chi connectivity index (χ2n) is 6.73. The molecule has 26 heavy (non-hydrogen) atoms. The molecule has 0 bridgehead atoms. The average Bonchev–Trinajstić information content (AvgIpc) is 2.69. The van der Waals surface area contributed by atoms with Crippen LogP contribution in [-0.2, 0) is 6.54 Å². The van der Waals surface area contributed by atoms with Crippen LogP contribution in [0.2, 0.25) is 0 Å². The van der Waals surface area contributed by atoms with E-state index >= 15 is 0 Å². The molecule has 0 fully saturated rings. The van der Waals surface area contributed by atoms with Gasteiger partial charge in [-0.1, -0.05) is 98.3 Å². The van der Waals surface area contributed by atoms with Gasteiger partial charge in [-0.05, 0) is 49.4 Å². The second-order valence-corrected chi connectivity index (χ2v) is 8.91. The number of benzene rings is 3. The maximum atomic E-state index is 2.45. The fourth-order valence-electron chi connectivity index (χ4n) is 3.24. The Labute approximate surface area is 159 Å². The van der Waals surface area contributed by atoms with Crippen molar-refractivity contribution in [3.05, 3.63) is 90.5 Å². The van der Waals surface area contributed by atoms with Crippen molar-refractivity contribution in [3.63, 3.8) is 0 Å². The van der Waals surface area contributed by atoms with E-state index < -0.39 is 7.92 Å². The number of unbranched alkanes of at least 4 members (excludes halogenated alkanes) is 1. The Morgan fingerprint density at radius 3 is 1.85 bits per heavy atom. The first-order valence-corrected chi connectivity index (χ1v) is 10.8. The van der Waals surface area contributed by atoms with Gasteiger partial charge in [0, 0.05) is 6.54 Å². The lowest BCUT2D eigenvalue weighted by Crippen LogP contribution is -2.27. The van der Waals surface area contributed by atoms with E-state index in [9.17, 15) is 0 Å². The topological polar surface area (TPSA) is 3.24 Å². The van der Waals surface area contributed by atoms with E-state index in [-0.39, 0.29) is 0 Å². The van der Waals surface area contributed by atoms with E-state index in [4.69, 9.17) is 0 Å². The van der Waals surface area contributed by atoms with Gasteiger partial charge in [0.2, 0.25) is 0 Å². The number of hydrogen-bond acceptors (Lipinski definition) is 1. The summed E-state index contributed by atoms with van der Waals surface area (Å²) in [5.41, 5.74) is 1.45. The molecule has 0 atom stereocenters. The molecule has 0 aromatic heterocycles. The van der Waals surface area contributed by atoms with E-state index in [1.54, 1.807) is 0 Å². The average molecular weight is 361 g/mol. The van der Waals surface area contributed by atoms with Gasteiger partial charge in [0.15, 0.2) is 0 Å².